The van der Waals surface area contributed by atoms with E-state index in [-0.39, 0.29) is 19.1 Å². The summed E-state index contributed by atoms with van der Waals surface area (Å²) in [6.07, 6.45) is 0.852. The molecule has 2 aromatic rings. The highest BCUT2D eigenvalue weighted by molar-refractivity contribution is 7.13. The van der Waals surface area contributed by atoms with Crippen LogP contribution in [0.1, 0.15) is 11.3 Å². The number of rotatable bonds is 8. The number of aliphatic hydroxyl groups excluding tert-OH is 1. The molecule has 0 saturated carbocycles. The standard InChI is InChI=1S/C16H21N3O2S/c1-13-12-22-16(17-13)18-15(21)11-19(9-10-20)8-7-14-5-3-2-4-6-14/h2-6,12,20H,7-11H2,1H3,(H,17,18,21). The van der Waals surface area contributed by atoms with Gasteiger partial charge in [-0.15, -0.1) is 11.3 Å². The van der Waals surface area contributed by atoms with Gasteiger partial charge in [-0.25, -0.2) is 4.98 Å². The van der Waals surface area contributed by atoms with Crippen LogP contribution in [0.2, 0.25) is 0 Å². The fraction of sp³-hybridized carbons (Fsp3) is 0.375. The first-order valence-corrected chi connectivity index (χ1v) is 8.14. The number of nitrogens with one attached hydrogen (secondary N) is 1. The van der Waals surface area contributed by atoms with Crippen molar-refractivity contribution in [2.45, 2.75) is 13.3 Å². The van der Waals surface area contributed by atoms with E-state index in [4.69, 9.17) is 5.11 Å². The van der Waals surface area contributed by atoms with Gasteiger partial charge in [0.25, 0.3) is 0 Å². The molecule has 1 aromatic heterocycles. The van der Waals surface area contributed by atoms with Crippen LogP contribution in [0.15, 0.2) is 35.7 Å². The Hall–Kier alpha value is -1.76. The average Bonchev–Trinajstić information content (AvgIpc) is 2.91. The molecule has 6 heteroatoms. The van der Waals surface area contributed by atoms with E-state index in [1.165, 1.54) is 16.9 Å². The van der Waals surface area contributed by atoms with Gasteiger partial charge in [0.15, 0.2) is 5.13 Å². The van der Waals surface area contributed by atoms with Crippen LogP contribution in [0.5, 0.6) is 0 Å². The minimum absolute atomic E-state index is 0.0401. The number of hydrogen-bond donors (Lipinski definition) is 2. The minimum Gasteiger partial charge on any atom is -0.395 e. The van der Waals surface area contributed by atoms with E-state index in [0.29, 0.717) is 11.7 Å². The number of amides is 1. The quantitative estimate of drug-likeness (QED) is 0.780. The molecule has 0 saturated heterocycles. The lowest BCUT2D eigenvalue weighted by Crippen LogP contribution is -2.36. The number of thiazole rings is 1. The molecule has 0 spiro atoms. The van der Waals surface area contributed by atoms with Crippen molar-refractivity contribution in [3.05, 3.63) is 47.0 Å². The molecule has 1 amide bonds. The predicted molar refractivity (Wildman–Crippen MR) is 89.2 cm³/mol. The van der Waals surface area contributed by atoms with Crippen molar-refractivity contribution >= 4 is 22.4 Å². The zero-order valence-corrected chi connectivity index (χ0v) is 13.5. The maximum atomic E-state index is 12.1. The number of aromatic nitrogens is 1. The molecule has 0 aliphatic heterocycles. The first kappa shape index (κ1) is 16.6. The number of benzene rings is 1. The molecule has 1 heterocycles. The van der Waals surface area contributed by atoms with Crippen molar-refractivity contribution in [3.8, 4) is 0 Å². The van der Waals surface area contributed by atoms with E-state index >= 15 is 0 Å². The van der Waals surface area contributed by atoms with Gasteiger partial charge in [0.2, 0.25) is 5.91 Å². The fourth-order valence-corrected chi connectivity index (χ4v) is 2.82. The van der Waals surface area contributed by atoms with Crippen molar-refractivity contribution in [2.24, 2.45) is 0 Å². The Bertz CT molecular complexity index is 586. The van der Waals surface area contributed by atoms with Gasteiger partial charge in [-0.05, 0) is 18.9 Å². The van der Waals surface area contributed by atoms with Crippen molar-refractivity contribution in [1.29, 1.82) is 0 Å². The van der Waals surface area contributed by atoms with Crippen LogP contribution in [0.3, 0.4) is 0 Å². The number of aliphatic hydroxyl groups is 1. The number of nitrogens with zero attached hydrogens (tertiary/aromatic N) is 2. The fourth-order valence-electron chi connectivity index (χ4n) is 2.12. The molecule has 0 fully saturated rings. The Morgan fingerprint density at radius 1 is 1.32 bits per heavy atom. The molecule has 0 unspecified atom stereocenters. The van der Waals surface area contributed by atoms with E-state index in [1.807, 2.05) is 35.4 Å². The summed E-state index contributed by atoms with van der Waals surface area (Å²) >= 11 is 1.42. The number of carbonyl (C=O) groups excluding carboxylic acids is 1. The molecule has 2 N–H and O–H groups in total. The van der Waals surface area contributed by atoms with E-state index in [0.717, 1.165) is 18.7 Å². The smallest absolute Gasteiger partial charge is 0.240 e. The SMILES string of the molecule is Cc1csc(NC(=O)CN(CCO)CCc2ccccc2)n1. The van der Waals surface area contributed by atoms with Crippen molar-refractivity contribution in [1.82, 2.24) is 9.88 Å². The van der Waals surface area contributed by atoms with E-state index < -0.39 is 0 Å². The highest BCUT2D eigenvalue weighted by atomic mass is 32.1. The molecule has 118 valence electrons. The van der Waals surface area contributed by atoms with Gasteiger partial charge in [-0.1, -0.05) is 30.3 Å². The van der Waals surface area contributed by atoms with E-state index in [1.54, 1.807) is 0 Å². The summed E-state index contributed by atoms with van der Waals surface area (Å²) in [6.45, 7) is 3.40. The van der Waals surface area contributed by atoms with Crippen LogP contribution in [0.25, 0.3) is 0 Å². The van der Waals surface area contributed by atoms with Gasteiger partial charge in [0, 0.05) is 18.5 Å². The first-order chi connectivity index (χ1) is 10.7. The number of hydrogen-bond acceptors (Lipinski definition) is 5. The molecule has 2 rings (SSSR count). The Balaban J connectivity index is 1.83. The normalized spacial score (nSPS) is 10.9. The molecule has 5 nitrogen and oxygen atoms in total. The molecule has 22 heavy (non-hydrogen) atoms. The lowest BCUT2D eigenvalue weighted by molar-refractivity contribution is -0.117. The summed E-state index contributed by atoms with van der Waals surface area (Å²) in [5, 5.41) is 14.5. The molecular formula is C16H21N3O2S. The second kappa shape index (κ2) is 8.63. The van der Waals surface area contributed by atoms with Gasteiger partial charge < -0.3 is 10.4 Å². The first-order valence-electron chi connectivity index (χ1n) is 7.26. The minimum atomic E-state index is -0.101. The maximum absolute atomic E-state index is 12.1. The molecule has 1 aromatic carbocycles. The highest BCUT2D eigenvalue weighted by Gasteiger charge is 2.12. The van der Waals surface area contributed by atoms with Gasteiger partial charge >= 0.3 is 0 Å². The zero-order chi connectivity index (χ0) is 15.8. The second-order valence-corrected chi connectivity index (χ2v) is 5.94. The largest absolute Gasteiger partial charge is 0.395 e. The Kier molecular flexibility index (Phi) is 6.51. The molecule has 0 radical (unpaired) electrons. The lowest BCUT2D eigenvalue weighted by atomic mass is 10.1. The summed E-state index contributed by atoms with van der Waals surface area (Å²) < 4.78 is 0. The van der Waals surface area contributed by atoms with E-state index in [2.05, 4.69) is 22.4 Å². The lowest BCUT2D eigenvalue weighted by Gasteiger charge is -2.20. The van der Waals surface area contributed by atoms with Crippen molar-refractivity contribution in [3.63, 3.8) is 0 Å². The third-order valence-corrected chi connectivity index (χ3v) is 4.08. The van der Waals surface area contributed by atoms with Gasteiger partial charge in [0.1, 0.15) is 0 Å². The van der Waals surface area contributed by atoms with Crippen LogP contribution in [-0.2, 0) is 11.2 Å². The van der Waals surface area contributed by atoms with Crippen LogP contribution in [-0.4, -0.2) is 47.1 Å². The maximum Gasteiger partial charge on any atom is 0.240 e. The molecule has 0 aliphatic rings. The summed E-state index contributed by atoms with van der Waals surface area (Å²) in [5.74, 6) is -0.101. The van der Waals surface area contributed by atoms with Crippen molar-refractivity contribution in [2.75, 3.05) is 31.6 Å². The third kappa shape index (κ3) is 5.55. The Morgan fingerprint density at radius 2 is 2.09 bits per heavy atom. The third-order valence-electron chi connectivity index (χ3n) is 3.21. The molecule has 0 atom stereocenters. The summed E-state index contributed by atoms with van der Waals surface area (Å²) in [7, 11) is 0. The predicted octanol–water partition coefficient (Wildman–Crippen LogP) is 1.93. The summed E-state index contributed by atoms with van der Waals surface area (Å²) in [5.41, 5.74) is 2.12. The van der Waals surface area contributed by atoms with Crippen LogP contribution >= 0.6 is 11.3 Å². The number of aryl methyl sites for hydroxylation is 1. The van der Waals surface area contributed by atoms with Crippen molar-refractivity contribution < 1.29 is 9.90 Å². The molecule has 0 bridgehead atoms. The molecular weight excluding hydrogens is 298 g/mol. The van der Waals surface area contributed by atoms with E-state index in [9.17, 15) is 4.79 Å². The monoisotopic (exact) mass is 319 g/mol. The Labute approximate surface area is 134 Å². The van der Waals surface area contributed by atoms with Gasteiger partial charge in [-0.2, -0.15) is 0 Å². The van der Waals surface area contributed by atoms with Crippen LogP contribution in [0, 0.1) is 6.92 Å². The average molecular weight is 319 g/mol. The summed E-state index contributed by atoms with van der Waals surface area (Å²) in [6, 6.07) is 10.1. The van der Waals surface area contributed by atoms with Gasteiger partial charge in [0.05, 0.1) is 18.8 Å². The van der Waals surface area contributed by atoms with Gasteiger partial charge in [-0.3, -0.25) is 9.69 Å². The zero-order valence-electron chi connectivity index (χ0n) is 12.7. The topological polar surface area (TPSA) is 65.5 Å². The summed E-state index contributed by atoms with van der Waals surface area (Å²) in [4.78, 5) is 18.2. The number of anilines is 1. The molecule has 0 aliphatic carbocycles. The van der Waals surface area contributed by atoms with Crippen LogP contribution in [0.4, 0.5) is 5.13 Å². The highest BCUT2D eigenvalue weighted by Crippen LogP contribution is 2.14. The number of carbonyl (C=O) groups is 1. The Morgan fingerprint density at radius 3 is 2.73 bits per heavy atom. The second-order valence-electron chi connectivity index (χ2n) is 5.08. The van der Waals surface area contributed by atoms with Crippen LogP contribution < -0.4 is 5.32 Å².